The van der Waals surface area contributed by atoms with Crippen molar-refractivity contribution in [2.75, 3.05) is 6.61 Å². The molecular weight excluding hydrogens is 210 g/mol. The van der Waals surface area contributed by atoms with E-state index >= 15 is 0 Å². The standard InChI is InChI=1S/C5H9Cl2O3P/c1-3-9-5(8)4(2)10-11(6)7/h4H,3H2,1-2H3/t4-/m1/s1. The average Bonchev–Trinajstić information content (AvgIpc) is 1.86. The van der Waals surface area contributed by atoms with Crippen molar-refractivity contribution >= 4 is 35.3 Å². The number of esters is 1. The molecule has 0 unspecified atom stereocenters. The van der Waals surface area contributed by atoms with Crippen LogP contribution in [0.5, 0.6) is 0 Å². The summed E-state index contributed by atoms with van der Waals surface area (Å²) in [6, 6.07) is 0. The van der Waals surface area contributed by atoms with Crippen molar-refractivity contribution < 1.29 is 14.1 Å². The van der Waals surface area contributed by atoms with Crippen LogP contribution in [0.15, 0.2) is 0 Å². The smallest absolute Gasteiger partial charge is 0.335 e. The average molecular weight is 219 g/mol. The summed E-state index contributed by atoms with van der Waals surface area (Å²) in [5, 5.41) is 0. The Balaban J connectivity index is 3.64. The summed E-state index contributed by atoms with van der Waals surface area (Å²) in [6.45, 7) is 2.05. The lowest BCUT2D eigenvalue weighted by molar-refractivity contribution is -0.150. The topological polar surface area (TPSA) is 35.5 Å². The Morgan fingerprint density at radius 2 is 2.18 bits per heavy atom. The van der Waals surface area contributed by atoms with Crippen LogP contribution in [0.3, 0.4) is 0 Å². The molecule has 1 atom stereocenters. The second-order valence-electron chi connectivity index (χ2n) is 1.70. The number of ether oxygens (including phenoxy) is 1. The van der Waals surface area contributed by atoms with Gasteiger partial charge in [0.25, 0.3) is 0 Å². The van der Waals surface area contributed by atoms with Crippen LogP contribution in [0.1, 0.15) is 13.8 Å². The van der Waals surface area contributed by atoms with Crippen LogP contribution >= 0.6 is 29.3 Å². The third-order valence-corrected chi connectivity index (χ3v) is 1.81. The summed E-state index contributed by atoms with van der Waals surface area (Å²) in [5.41, 5.74) is 0. The van der Waals surface area contributed by atoms with Crippen LogP contribution in [-0.4, -0.2) is 18.7 Å². The first kappa shape index (κ1) is 11.4. The Hall–Kier alpha value is 0.440. The first-order chi connectivity index (χ1) is 5.07. The summed E-state index contributed by atoms with van der Waals surface area (Å²) in [4.78, 5) is 10.8. The summed E-state index contributed by atoms with van der Waals surface area (Å²) in [6.07, 6.45) is -0.684. The van der Waals surface area contributed by atoms with Crippen molar-refractivity contribution in [1.82, 2.24) is 0 Å². The van der Waals surface area contributed by atoms with Crippen LogP contribution in [0.2, 0.25) is 0 Å². The minimum atomic E-state index is -1.54. The van der Waals surface area contributed by atoms with Gasteiger partial charge < -0.3 is 9.26 Å². The van der Waals surface area contributed by atoms with Gasteiger partial charge in [-0.15, -0.1) is 0 Å². The highest BCUT2D eigenvalue weighted by Crippen LogP contribution is 2.48. The molecule has 0 amide bonds. The van der Waals surface area contributed by atoms with E-state index in [0.29, 0.717) is 6.61 Å². The third-order valence-electron chi connectivity index (χ3n) is 0.856. The molecular formula is C5H9Cl2O3P. The molecule has 0 rings (SSSR count). The van der Waals surface area contributed by atoms with Crippen molar-refractivity contribution in [2.24, 2.45) is 0 Å². The molecule has 66 valence electrons. The van der Waals surface area contributed by atoms with Crippen LogP contribution in [0, 0.1) is 0 Å². The Morgan fingerprint density at radius 3 is 2.55 bits per heavy atom. The zero-order valence-corrected chi connectivity index (χ0v) is 8.62. The maximum absolute atomic E-state index is 10.8. The summed E-state index contributed by atoms with van der Waals surface area (Å²) in [7, 11) is 0. The number of carbonyl (C=O) groups excluding carboxylic acids is 1. The van der Waals surface area contributed by atoms with Crippen LogP contribution in [0.25, 0.3) is 0 Å². The van der Waals surface area contributed by atoms with Gasteiger partial charge in [0.05, 0.1) is 6.61 Å². The second-order valence-corrected chi connectivity index (χ2v) is 4.68. The number of carbonyl (C=O) groups is 1. The Morgan fingerprint density at radius 1 is 1.64 bits per heavy atom. The third kappa shape index (κ3) is 5.68. The predicted molar refractivity (Wildman–Crippen MR) is 45.8 cm³/mol. The number of hydrogen-bond acceptors (Lipinski definition) is 3. The molecule has 6 heteroatoms. The van der Waals surface area contributed by atoms with Crippen molar-refractivity contribution in [3.8, 4) is 0 Å². The van der Waals surface area contributed by atoms with Crippen LogP contribution in [0.4, 0.5) is 0 Å². The Labute approximate surface area is 76.4 Å². The molecule has 0 fully saturated rings. The van der Waals surface area contributed by atoms with Gasteiger partial charge in [0.1, 0.15) is 0 Å². The largest absolute Gasteiger partial charge is 0.464 e. The molecule has 11 heavy (non-hydrogen) atoms. The lowest BCUT2D eigenvalue weighted by atomic mass is 10.4. The van der Waals surface area contributed by atoms with E-state index in [1.807, 2.05) is 0 Å². The number of halogens is 2. The normalized spacial score (nSPS) is 13.2. The van der Waals surface area contributed by atoms with Crippen molar-refractivity contribution in [1.29, 1.82) is 0 Å². The van der Waals surface area contributed by atoms with Crippen LogP contribution in [-0.2, 0) is 14.1 Å². The van der Waals surface area contributed by atoms with E-state index in [0.717, 1.165) is 0 Å². The first-order valence-electron chi connectivity index (χ1n) is 3.03. The number of hydrogen-bond donors (Lipinski definition) is 0. The van der Waals surface area contributed by atoms with Crippen molar-refractivity contribution in [3.63, 3.8) is 0 Å². The van der Waals surface area contributed by atoms with Gasteiger partial charge in [-0.3, -0.25) is 0 Å². The van der Waals surface area contributed by atoms with E-state index in [1.165, 1.54) is 6.92 Å². The van der Waals surface area contributed by atoms with E-state index < -0.39 is 18.9 Å². The molecule has 0 aliphatic rings. The molecule has 0 heterocycles. The molecule has 0 aromatic heterocycles. The van der Waals surface area contributed by atoms with Crippen LogP contribution < -0.4 is 0 Å². The van der Waals surface area contributed by atoms with E-state index in [-0.39, 0.29) is 0 Å². The van der Waals surface area contributed by atoms with Gasteiger partial charge in [0.2, 0.25) is 6.85 Å². The minimum absolute atomic E-state index is 0.328. The maximum atomic E-state index is 10.8. The molecule has 3 nitrogen and oxygen atoms in total. The summed E-state index contributed by atoms with van der Waals surface area (Å²) < 4.78 is 9.42. The van der Waals surface area contributed by atoms with E-state index in [9.17, 15) is 4.79 Å². The molecule has 0 N–H and O–H groups in total. The van der Waals surface area contributed by atoms with Gasteiger partial charge in [-0.1, -0.05) is 0 Å². The second kappa shape index (κ2) is 6.01. The fraction of sp³-hybridized carbons (Fsp3) is 0.800. The lowest BCUT2D eigenvalue weighted by Crippen LogP contribution is -2.20. The molecule has 0 saturated heterocycles. The molecule has 0 saturated carbocycles. The Kier molecular flexibility index (Phi) is 6.25. The van der Waals surface area contributed by atoms with Gasteiger partial charge in [-0.05, 0) is 36.3 Å². The summed E-state index contributed by atoms with van der Waals surface area (Å²) >= 11 is 10.6. The minimum Gasteiger partial charge on any atom is -0.464 e. The molecule has 0 aromatic rings. The number of rotatable bonds is 4. The van der Waals surface area contributed by atoms with E-state index in [2.05, 4.69) is 4.74 Å². The molecule has 0 aromatic carbocycles. The van der Waals surface area contributed by atoms with Gasteiger partial charge in [-0.2, -0.15) is 0 Å². The summed E-state index contributed by atoms with van der Waals surface area (Å²) in [5.74, 6) is -0.443. The van der Waals surface area contributed by atoms with E-state index in [1.54, 1.807) is 6.92 Å². The predicted octanol–water partition coefficient (Wildman–Crippen LogP) is 2.66. The SMILES string of the molecule is CCOC(=O)[C@@H](C)OP(Cl)Cl. The highest BCUT2D eigenvalue weighted by atomic mass is 35.9. The molecule has 0 bridgehead atoms. The first-order valence-corrected chi connectivity index (χ1v) is 6.10. The van der Waals surface area contributed by atoms with Crippen molar-refractivity contribution in [2.45, 2.75) is 20.0 Å². The quantitative estimate of drug-likeness (QED) is 0.538. The van der Waals surface area contributed by atoms with Gasteiger partial charge in [0.15, 0.2) is 6.10 Å². The zero-order valence-electron chi connectivity index (χ0n) is 6.21. The highest BCUT2D eigenvalue weighted by Gasteiger charge is 2.17. The maximum Gasteiger partial charge on any atom is 0.335 e. The fourth-order valence-electron chi connectivity index (χ4n) is 0.422. The van der Waals surface area contributed by atoms with Gasteiger partial charge in [0, 0.05) is 0 Å². The van der Waals surface area contributed by atoms with Crippen molar-refractivity contribution in [3.05, 3.63) is 0 Å². The lowest BCUT2D eigenvalue weighted by Gasteiger charge is -2.10. The monoisotopic (exact) mass is 218 g/mol. The molecule has 0 radical (unpaired) electrons. The highest BCUT2D eigenvalue weighted by molar-refractivity contribution is 8.00. The fourth-order valence-corrected chi connectivity index (χ4v) is 1.46. The van der Waals surface area contributed by atoms with Gasteiger partial charge >= 0.3 is 5.97 Å². The van der Waals surface area contributed by atoms with E-state index in [4.69, 9.17) is 27.0 Å². The zero-order chi connectivity index (χ0) is 8.85. The van der Waals surface area contributed by atoms with Gasteiger partial charge in [-0.25, -0.2) is 4.79 Å². The molecule has 0 spiro atoms. The molecule has 0 aliphatic heterocycles. The Bertz CT molecular complexity index is 131. The molecule has 0 aliphatic carbocycles.